The summed E-state index contributed by atoms with van der Waals surface area (Å²) in [4.78, 5) is 2.38. The van der Waals surface area contributed by atoms with E-state index in [4.69, 9.17) is 4.42 Å². The Hall–Kier alpha value is -0.800. The van der Waals surface area contributed by atoms with Crippen LogP contribution in [0.1, 0.15) is 18.4 Å². The van der Waals surface area contributed by atoms with Crippen molar-refractivity contribution in [3.8, 4) is 0 Å². The van der Waals surface area contributed by atoms with E-state index in [1.807, 2.05) is 12.3 Å². The number of nitrogens with zero attached hydrogens (tertiary/aromatic N) is 1. The van der Waals surface area contributed by atoms with Crippen molar-refractivity contribution in [2.45, 2.75) is 25.4 Å². The van der Waals surface area contributed by atoms with Crippen molar-refractivity contribution in [2.24, 2.45) is 0 Å². The van der Waals surface area contributed by atoms with Gasteiger partial charge in [-0.2, -0.15) is 0 Å². The molecule has 2 rings (SSSR count). The number of furan rings is 1. The molecule has 3 heteroatoms. The van der Waals surface area contributed by atoms with Gasteiger partial charge in [-0.3, -0.25) is 0 Å². The summed E-state index contributed by atoms with van der Waals surface area (Å²) in [6, 6.07) is 2.70. The maximum atomic E-state index is 5.02. The van der Waals surface area contributed by atoms with E-state index >= 15 is 0 Å². The highest BCUT2D eigenvalue weighted by atomic mass is 16.3. The Balaban J connectivity index is 1.71. The Labute approximate surface area is 85.1 Å². The Morgan fingerprint density at radius 2 is 2.29 bits per heavy atom. The monoisotopic (exact) mass is 194 g/mol. The molecule has 1 aromatic heterocycles. The zero-order valence-electron chi connectivity index (χ0n) is 8.70. The Morgan fingerprint density at radius 3 is 2.93 bits per heavy atom. The minimum atomic E-state index is 0.682. The standard InChI is InChI=1S/C11H18N2O/c1-13-5-2-11(3-6-13)12-8-10-4-7-14-9-10/h4,7,9,11-12H,2-3,5-6,8H2,1H3. The molecule has 1 aliphatic heterocycles. The first-order valence-corrected chi connectivity index (χ1v) is 5.27. The maximum absolute atomic E-state index is 5.02. The van der Waals surface area contributed by atoms with Gasteiger partial charge in [0.25, 0.3) is 0 Å². The molecule has 0 aliphatic carbocycles. The summed E-state index contributed by atoms with van der Waals surface area (Å²) in [7, 11) is 2.19. The van der Waals surface area contributed by atoms with Gasteiger partial charge < -0.3 is 14.6 Å². The Bertz CT molecular complexity index is 250. The highest BCUT2D eigenvalue weighted by molar-refractivity contribution is 5.04. The SMILES string of the molecule is CN1CCC(NCc2ccoc2)CC1. The van der Waals surface area contributed by atoms with Crippen molar-refractivity contribution in [2.75, 3.05) is 20.1 Å². The summed E-state index contributed by atoms with van der Waals surface area (Å²) >= 11 is 0. The molecule has 0 saturated carbocycles. The van der Waals surface area contributed by atoms with Gasteiger partial charge in [0, 0.05) is 18.2 Å². The number of piperidine rings is 1. The fourth-order valence-electron chi connectivity index (χ4n) is 1.87. The van der Waals surface area contributed by atoms with Crippen LogP contribution in [0.4, 0.5) is 0 Å². The molecular weight excluding hydrogens is 176 g/mol. The smallest absolute Gasteiger partial charge is 0.0947 e. The third-order valence-corrected chi connectivity index (χ3v) is 2.89. The van der Waals surface area contributed by atoms with Crippen LogP contribution < -0.4 is 5.32 Å². The van der Waals surface area contributed by atoms with Gasteiger partial charge in [0.1, 0.15) is 0 Å². The number of rotatable bonds is 3. The molecule has 0 unspecified atom stereocenters. The van der Waals surface area contributed by atoms with Crippen LogP contribution in [0.15, 0.2) is 23.0 Å². The number of nitrogens with one attached hydrogen (secondary N) is 1. The summed E-state index contributed by atoms with van der Waals surface area (Å²) in [6.45, 7) is 3.36. The van der Waals surface area contributed by atoms with Crippen LogP contribution >= 0.6 is 0 Å². The summed E-state index contributed by atoms with van der Waals surface area (Å²) in [5.74, 6) is 0. The minimum absolute atomic E-state index is 0.682. The molecule has 0 radical (unpaired) electrons. The van der Waals surface area contributed by atoms with Crippen LogP contribution in [0.3, 0.4) is 0 Å². The second kappa shape index (κ2) is 4.62. The van der Waals surface area contributed by atoms with E-state index in [1.165, 1.54) is 31.5 Å². The van der Waals surface area contributed by atoms with Crippen molar-refractivity contribution in [3.63, 3.8) is 0 Å². The van der Waals surface area contributed by atoms with E-state index in [0.29, 0.717) is 6.04 Å². The first kappa shape index (κ1) is 9.74. The van der Waals surface area contributed by atoms with Gasteiger partial charge in [0.2, 0.25) is 0 Å². The van der Waals surface area contributed by atoms with E-state index < -0.39 is 0 Å². The predicted octanol–water partition coefficient (Wildman–Crippen LogP) is 1.46. The Morgan fingerprint density at radius 1 is 1.50 bits per heavy atom. The molecule has 0 bridgehead atoms. The molecule has 1 N–H and O–H groups in total. The zero-order valence-corrected chi connectivity index (χ0v) is 8.70. The quantitative estimate of drug-likeness (QED) is 0.789. The van der Waals surface area contributed by atoms with Gasteiger partial charge >= 0.3 is 0 Å². The molecule has 2 heterocycles. The molecular formula is C11H18N2O. The highest BCUT2D eigenvalue weighted by Gasteiger charge is 2.15. The lowest BCUT2D eigenvalue weighted by molar-refractivity contribution is 0.234. The van der Waals surface area contributed by atoms with Gasteiger partial charge in [-0.05, 0) is 39.0 Å². The lowest BCUT2D eigenvalue weighted by Crippen LogP contribution is -2.40. The molecule has 1 aromatic rings. The van der Waals surface area contributed by atoms with Gasteiger partial charge in [0.05, 0.1) is 12.5 Å². The van der Waals surface area contributed by atoms with E-state index in [9.17, 15) is 0 Å². The molecule has 0 aromatic carbocycles. The summed E-state index contributed by atoms with van der Waals surface area (Å²) in [6.07, 6.45) is 6.05. The average Bonchev–Trinajstić information content (AvgIpc) is 2.70. The van der Waals surface area contributed by atoms with Gasteiger partial charge in [-0.15, -0.1) is 0 Å². The second-order valence-electron chi connectivity index (χ2n) is 4.09. The largest absolute Gasteiger partial charge is 0.472 e. The molecule has 78 valence electrons. The Kier molecular flexibility index (Phi) is 3.22. The van der Waals surface area contributed by atoms with Crippen LogP contribution in [-0.4, -0.2) is 31.1 Å². The van der Waals surface area contributed by atoms with Gasteiger partial charge in [0.15, 0.2) is 0 Å². The molecule has 1 saturated heterocycles. The third-order valence-electron chi connectivity index (χ3n) is 2.89. The van der Waals surface area contributed by atoms with Crippen molar-refractivity contribution >= 4 is 0 Å². The predicted molar refractivity (Wildman–Crippen MR) is 56.1 cm³/mol. The minimum Gasteiger partial charge on any atom is -0.472 e. The first-order valence-electron chi connectivity index (χ1n) is 5.27. The molecule has 1 aliphatic rings. The van der Waals surface area contributed by atoms with E-state index in [-0.39, 0.29) is 0 Å². The van der Waals surface area contributed by atoms with Crippen LogP contribution in [0.2, 0.25) is 0 Å². The third kappa shape index (κ3) is 2.59. The van der Waals surface area contributed by atoms with E-state index in [0.717, 1.165) is 6.54 Å². The summed E-state index contributed by atoms with van der Waals surface area (Å²) < 4.78 is 5.02. The molecule has 14 heavy (non-hydrogen) atoms. The highest BCUT2D eigenvalue weighted by Crippen LogP contribution is 2.09. The van der Waals surface area contributed by atoms with Gasteiger partial charge in [-0.1, -0.05) is 0 Å². The average molecular weight is 194 g/mol. The second-order valence-corrected chi connectivity index (χ2v) is 4.09. The lowest BCUT2D eigenvalue weighted by atomic mass is 10.1. The first-order chi connectivity index (χ1) is 6.84. The summed E-state index contributed by atoms with van der Waals surface area (Å²) in [5.41, 5.74) is 1.24. The van der Waals surface area contributed by atoms with Crippen molar-refractivity contribution in [3.05, 3.63) is 24.2 Å². The van der Waals surface area contributed by atoms with E-state index in [2.05, 4.69) is 17.3 Å². The number of likely N-dealkylation sites (tertiary alicyclic amines) is 1. The van der Waals surface area contributed by atoms with Gasteiger partial charge in [-0.25, -0.2) is 0 Å². The summed E-state index contributed by atoms with van der Waals surface area (Å²) in [5, 5.41) is 3.56. The fourth-order valence-corrected chi connectivity index (χ4v) is 1.87. The molecule has 0 atom stereocenters. The molecule has 0 amide bonds. The molecule has 3 nitrogen and oxygen atoms in total. The topological polar surface area (TPSA) is 28.4 Å². The molecule has 1 fully saturated rings. The lowest BCUT2D eigenvalue weighted by Gasteiger charge is -2.29. The van der Waals surface area contributed by atoms with Crippen LogP contribution in [0.5, 0.6) is 0 Å². The van der Waals surface area contributed by atoms with Crippen LogP contribution in [0, 0.1) is 0 Å². The normalized spacial score (nSPS) is 20.1. The zero-order chi connectivity index (χ0) is 9.80. The molecule has 0 spiro atoms. The van der Waals surface area contributed by atoms with Crippen LogP contribution in [-0.2, 0) is 6.54 Å². The maximum Gasteiger partial charge on any atom is 0.0947 e. The van der Waals surface area contributed by atoms with Crippen molar-refractivity contribution in [1.29, 1.82) is 0 Å². The fraction of sp³-hybridized carbons (Fsp3) is 0.636. The van der Waals surface area contributed by atoms with Crippen molar-refractivity contribution in [1.82, 2.24) is 10.2 Å². The van der Waals surface area contributed by atoms with Crippen LogP contribution in [0.25, 0.3) is 0 Å². The number of hydrogen-bond acceptors (Lipinski definition) is 3. The van der Waals surface area contributed by atoms with E-state index in [1.54, 1.807) is 6.26 Å². The van der Waals surface area contributed by atoms with Crippen molar-refractivity contribution < 1.29 is 4.42 Å². The number of hydrogen-bond donors (Lipinski definition) is 1.